The first kappa shape index (κ1) is 14.5. The summed E-state index contributed by atoms with van der Waals surface area (Å²) in [5, 5.41) is 3.38. The van der Waals surface area contributed by atoms with Crippen molar-refractivity contribution < 1.29 is 4.74 Å². The maximum atomic E-state index is 5.51. The van der Waals surface area contributed by atoms with Crippen LogP contribution in [0.4, 0.5) is 0 Å². The van der Waals surface area contributed by atoms with Gasteiger partial charge in [0.05, 0.1) is 13.2 Å². The molecule has 0 radical (unpaired) electrons. The highest BCUT2D eigenvalue weighted by atomic mass is 16.5. The number of hydrogen-bond donors (Lipinski definition) is 1. The number of hydrogen-bond acceptors (Lipinski definition) is 3. The van der Waals surface area contributed by atoms with E-state index in [1.54, 1.807) is 7.11 Å². The van der Waals surface area contributed by atoms with E-state index >= 15 is 0 Å². The first-order chi connectivity index (χ1) is 9.55. The number of methoxy groups -OCH3 is 1. The molecule has 1 atom stereocenters. The Morgan fingerprint density at radius 1 is 1.05 bits per heavy atom. The second kappa shape index (κ2) is 6.06. The van der Waals surface area contributed by atoms with Gasteiger partial charge in [-0.25, -0.2) is 0 Å². The zero-order valence-corrected chi connectivity index (χ0v) is 12.8. The molecule has 0 aliphatic rings. The third-order valence-corrected chi connectivity index (χ3v) is 3.42. The van der Waals surface area contributed by atoms with Gasteiger partial charge in [-0.15, -0.1) is 0 Å². The largest absolute Gasteiger partial charge is 0.496 e. The maximum Gasteiger partial charge on any atom is 0.123 e. The Hall–Kier alpha value is -1.87. The van der Waals surface area contributed by atoms with E-state index < -0.39 is 0 Å². The van der Waals surface area contributed by atoms with Gasteiger partial charge in [-0.2, -0.15) is 0 Å². The second-order valence-corrected chi connectivity index (χ2v) is 5.15. The Labute approximate surface area is 121 Å². The molecule has 1 N–H and O–H groups in total. The van der Waals surface area contributed by atoms with E-state index in [0.717, 1.165) is 22.7 Å². The summed E-state index contributed by atoms with van der Waals surface area (Å²) in [6, 6.07) is 10.6. The fourth-order valence-corrected chi connectivity index (χ4v) is 2.61. The van der Waals surface area contributed by atoms with Crippen molar-refractivity contribution in [1.82, 2.24) is 10.3 Å². The fourth-order valence-electron chi connectivity index (χ4n) is 2.61. The van der Waals surface area contributed by atoms with Crippen LogP contribution < -0.4 is 10.1 Å². The molecule has 1 heterocycles. The Kier molecular flexibility index (Phi) is 4.40. The first-order valence-corrected chi connectivity index (χ1v) is 6.82. The van der Waals surface area contributed by atoms with Gasteiger partial charge >= 0.3 is 0 Å². The lowest BCUT2D eigenvalue weighted by molar-refractivity contribution is 0.405. The molecule has 20 heavy (non-hydrogen) atoms. The quantitative estimate of drug-likeness (QED) is 0.925. The number of ether oxygens (including phenoxy) is 1. The zero-order chi connectivity index (χ0) is 14.7. The summed E-state index contributed by atoms with van der Waals surface area (Å²) in [5.41, 5.74) is 5.66. The Morgan fingerprint density at radius 3 is 2.25 bits per heavy atom. The van der Waals surface area contributed by atoms with E-state index in [0.29, 0.717) is 0 Å². The SMILES string of the molecule is CNC(c1cc(C)nc(C)c1)c1cc(C)ccc1OC. The van der Waals surface area contributed by atoms with Crippen LogP contribution in [0.5, 0.6) is 5.75 Å². The molecule has 2 rings (SSSR count). The minimum absolute atomic E-state index is 0.102. The van der Waals surface area contributed by atoms with Crippen LogP contribution >= 0.6 is 0 Å². The third-order valence-electron chi connectivity index (χ3n) is 3.42. The van der Waals surface area contributed by atoms with Gasteiger partial charge in [0.1, 0.15) is 5.75 Å². The van der Waals surface area contributed by atoms with Crippen LogP contribution in [0, 0.1) is 20.8 Å². The summed E-state index contributed by atoms with van der Waals surface area (Å²) in [6.45, 7) is 6.14. The molecular weight excluding hydrogens is 248 g/mol. The summed E-state index contributed by atoms with van der Waals surface area (Å²) >= 11 is 0. The predicted molar refractivity (Wildman–Crippen MR) is 82.3 cm³/mol. The number of aryl methyl sites for hydroxylation is 3. The fraction of sp³-hybridized carbons (Fsp3) is 0.353. The van der Waals surface area contributed by atoms with Crippen molar-refractivity contribution in [2.75, 3.05) is 14.2 Å². The van der Waals surface area contributed by atoms with Gasteiger partial charge < -0.3 is 10.1 Å². The molecule has 106 valence electrons. The van der Waals surface area contributed by atoms with Crippen LogP contribution in [0.1, 0.15) is 34.1 Å². The lowest BCUT2D eigenvalue weighted by atomic mass is 9.96. The highest BCUT2D eigenvalue weighted by Crippen LogP contribution is 2.31. The van der Waals surface area contributed by atoms with Crippen LogP contribution in [0.15, 0.2) is 30.3 Å². The van der Waals surface area contributed by atoms with Crippen LogP contribution in [0.2, 0.25) is 0 Å². The Balaban J connectivity index is 2.54. The lowest BCUT2D eigenvalue weighted by Crippen LogP contribution is -2.19. The molecule has 3 nitrogen and oxygen atoms in total. The minimum Gasteiger partial charge on any atom is -0.496 e. The summed E-state index contributed by atoms with van der Waals surface area (Å²) in [5.74, 6) is 0.905. The number of nitrogens with zero attached hydrogens (tertiary/aromatic N) is 1. The first-order valence-electron chi connectivity index (χ1n) is 6.82. The molecule has 0 aliphatic carbocycles. The maximum absolute atomic E-state index is 5.51. The van der Waals surface area contributed by atoms with Gasteiger partial charge in [-0.3, -0.25) is 4.98 Å². The minimum atomic E-state index is 0.102. The molecule has 1 aromatic carbocycles. The highest BCUT2D eigenvalue weighted by molar-refractivity contribution is 5.44. The molecule has 0 fully saturated rings. The molecule has 3 heteroatoms. The Bertz CT molecular complexity index is 588. The molecule has 0 bridgehead atoms. The van der Waals surface area contributed by atoms with E-state index in [1.165, 1.54) is 11.1 Å². The molecule has 0 aliphatic heterocycles. The Morgan fingerprint density at radius 2 is 1.70 bits per heavy atom. The third kappa shape index (κ3) is 2.99. The molecule has 0 spiro atoms. The average Bonchev–Trinajstić information content (AvgIpc) is 2.39. The zero-order valence-electron chi connectivity index (χ0n) is 12.8. The second-order valence-electron chi connectivity index (χ2n) is 5.15. The van der Waals surface area contributed by atoms with Crippen molar-refractivity contribution in [2.45, 2.75) is 26.8 Å². The smallest absolute Gasteiger partial charge is 0.123 e. The summed E-state index contributed by atoms with van der Waals surface area (Å²) in [7, 11) is 3.68. The van der Waals surface area contributed by atoms with Crippen LogP contribution in [0.3, 0.4) is 0 Å². The van der Waals surface area contributed by atoms with E-state index in [-0.39, 0.29) is 6.04 Å². The molecule has 2 aromatic rings. The topological polar surface area (TPSA) is 34.2 Å². The normalized spacial score (nSPS) is 12.2. The molecule has 0 amide bonds. The average molecular weight is 270 g/mol. The van der Waals surface area contributed by atoms with Crippen molar-refractivity contribution in [3.63, 3.8) is 0 Å². The number of rotatable bonds is 4. The number of nitrogens with one attached hydrogen (secondary N) is 1. The van der Waals surface area contributed by atoms with Crippen molar-refractivity contribution in [1.29, 1.82) is 0 Å². The van der Waals surface area contributed by atoms with Crippen molar-refractivity contribution >= 4 is 0 Å². The van der Waals surface area contributed by atoms with E-state index in [4.69, 9.17) is 4.74 Å². The van der Waals surface area contributed by atoms with Crippen molar-refractivity contribution in [3.8, 4) is 5.75 Å². The van der Waals surface area contributed by atoms with E-state index in [9.17, 15) is 0 Å². The molecule has 0 saturated heterocycles. The van der Waals surface area contributed by atoms with Gasteiger partial charge in [-0.1, -0.05) is 17.7 Å². The number of pyridine rings is 1. The van der Waals surface area contributed by atoms with Gasteiger partial charge in [0, 0.05) is 17.0 Å². The predicted octanol–water partition coefficient (Wildman–Crippen LogP) is 3.32. The summed E-state index contributed by atoms with van der Waals surface area (Å²) in [4.78, 5) is 4.45. The lowest BCUT2D eigenvalue weighted by Gasteiger charge is -2.21. The van der Waals surface area contributed by atoms with Gasteiger partial charge in [0.15, 0.2) is 0 Å². The van der Waals surface area contributed by atoms with Crippen LogP contribution in [-0.4, -0.2) is 19.1 Å². The van der Waals surface area contributed by atoms with Crippen molar-refractivity contribution in [2.24, 2.45) is 0 Å². The van der Waals surface area contributed by atoms with Crippen molar-refractivity contribution in [3.05, 3.63) is 58.4 Å². The van der Waals surface area contributed by atoms with E-state index in [1.807, 2.05) is 27.0 Å². The number of benzene rings is 1. The van der Waals surface area contributed by atoms with Gasteiger partial charge in [-0.05, 0) is 51.6 Å². The summed E-state index contributed by atoms with van der Waals surface area (Å²) in [6.07, 6.45) is 0. The standard InChI is InChI=1S/C17H22N2O/c1-11-6-7-16(20-5)15(8-11)17(18-4)14-9-12(2)19-13(3)10-14/h6-10,17-18H,1-5H3. The monoisotopic (exact) mass is 270 g/mol. The molecule has 0 saturated carbocycles. The van der Waals surface area contributed by atoms with Crippen LogP contribution in [0.25, 0.3) is 0 Å². The van der Waals surface area contributed by atoms with Gasteiger partial charge in [0.25, 0.3) is 0 Å². The van der Waals surface area contributed by atoms with Crippen LogP contribution in [-0.2, 0) is 0 Å². The molecular formula is C17H22N2O. The number of aromatic nitrogens is 1. The van der Waals surface area contributed by atoms with E-state index in [2.05, 4.69) is 41.5 Å². The molecule has 1 unspecified atom stereocenters. The highest BCUT2D eigenvalue weighted by Gasteiger charge is 2.17. The summed E-state index contributed by atoms with van der Waals surface area (Å²) < 4.78 is 5.51. The molecule has 1 aromatic heterocycles. The van der Waals surface area contributed by atoms with Gasteiger partial charge in [0.2, 0.25) is 0 Å².